The van der Waals surface area contributed by atoms with Crippen LogP contribution in [0.4, 0.5) is 0 Å². The molecule has 0 fully saturated rings. The fourth-order valence-corrected chi connectivity index (χ4v) is 1.36. The van der Waals surface area contributed by atoms with E-state index in [1.807, 2.05) is 0 Å². The van der Waals surface area contributed by atoms with Crippen LogP contribution < -0.4 is 4.74 Å². The molecule has 3 heteroatoms. The van der Waals surface area contributed by atoms with E-state index in [9.17, 15) is 0 Å². The molecule has 1 atom stereocenters. The van der Waals surface area contributed by atoms with Crippen LogP contribution >= 0.6 is 11.6 Å². The van der Waals surface area contributed by atoms with Gasteiger partial charge in [0.15, 0.2) is 0 Å². The van der Waals surface area contributed by atoms with Crippen molar-refractivity contribution >= 4 is 11.6 Å². The zero-order chi connectivity index (χ0) is 10.4. The molecule has 1 aromatic rings. The van der Waals surface area contributed by atoms with Crippen LogP contribution in [0, 0.1) is 5.92 Å². The Balaban J connectivity index is 2.34. The first-order valence-electron chi connectivity index (χ1n) is 4.96. The summed E-state index contributed by atoms with van der Waals surface area (Å²) in [4.78, 5) is 4.06. The van der Waals surface area contributed by atoms with Gasteiger partial charge in [0.05, 0.1) is 11.6 Å². The predicted molar refractivity (Wildman–Crippen MR) is 58.8 cm³/mol. The molecule has 1 aromatic heterocycles. The molecular formula is C11H16ClNO. The maximum absolute atomic E-state index is 5.71. The fourth-order valence-electron chi connectivity index (χ4n) is 1.25. The zero-order valence-electron chi connectivity index (χ0n) is 8.66. The van der Waals surface area contributed by atoms with Gasteiger partial charge in [0, 0.05) is 12.3 Å². The van der Waals surface area contributed by atoms with E-state index in [0.29, 0.717) is 16.8 Å². The summed E-state index contributed by atoms with van der Waals surface area (Å²) in [7, 11) is 0. The highest BCUT2D eigenvalue weighted by molar-refractivity contribution is 6.30. The summed E-state index contributed by atoms with van der Waals surface area (Å²) >= 11 is 5.71. The molecule has 0 bridgehead atoms. The number of aromatic nitrogens is 1. The van der Waals surface area contributed by atoms with E-state index in [1.54, 1.807) is 18.3 Å². The normalized spacial score (nSPS) is 12.5. The van der Waals surface area contributed by atoms with Crippen LogP contribution in [0.3, 0.4) is 0 Å². The van der Waals surface area contributed by atoms with Crippen molar-refractivity contribution in [2.24, 2.45) is 5.92 Å². The maximum atomic E-state index is 5.71. The van der Waals surface area contributed by atoms with Crippen molar-refractivity contribution in [3.63, 3.8) is 0 Å². The maximum Gasteiger partial charge on any atom is 0.213 e. The highest BCUT2D eigenvalue weighted by Crippen LogP contribution is 2.13. The molecular weight excluding hydrogens is 198 g/mol. The number of rotatable bonds is 5. The van der Waals surface area contributed by atoms with Crippen molar-refractivity contribution in [2.75, 3.05) is 6.61 Å². The van der Waals surface area contributed by atoms with E-state index >= 15 is 0 Å². The van der Waals surface area contributed by atoms with Crippen LogP contribution in [0.2, 0.25) is 5.02 Å². The Morgan fingerprint density at radius 2 is 2.29 bits per heavy atom. The van der Waals surface area contributed by atoms with Gasteiger partial charge in [-0.1, -0.05) is 31.9 Å². The minimum absolute atomic E-state index is 0.581. The second-order valence-electron chi connectivity index (χ2n) is 3.52. The third-order valence-corrected chi connectivity index (χ3v) is 2.22. The van der Waals surface area contributed by atoms with Gasteiger partial charge < -0.3 is 4.74 Å². The largest absolute Gasteiger partial charge is 0.477 e. The van der Waals surface area contributed by atoms with Gasteiger partial charge in [-0.2, -0.15) is 0 Å². The number of halogens is 1. The molecule has 78 valence electrons. The first-order chi connectivity index (χ1) is 6.72. The summed E-state index contributed by atoms with van der Waals surface area (Å²) in [5.74, 6) is 1.23. The Kier molecular flexibility index (Phi) is 4.74. The Hall–Kier alpha value is -0.760. The molecule has 1 heterocycles. The van der Waals surface area contributed by atoms with Gasteiger partial charge in [-0.05, 0) is 18.4 Å². The monoisotopic (exact) mass is 213 g/mol. The van der Waals surface area contributed by atoms with Gasteiger partial charge in [-0.15, -0.1) is 0 Å². The summed E-state index contributed by atoms with van der Waals surface area (Å²) in [6.45, 7) is 5.08. The van der Waals surface area contributed by atoms with Gasteiger partial charge in [0.25, 0.3) is 0 Å². The first-order valence-corrected chi connectivity index (χ1v) is 5.34. The topological polar surface area (TPSA) is 22.1 Å². The molecule has 14 heavy (non-hydrogen) atoms. The summed E-state index contributed by atoms with van der Waals surface area (Å²) in [5.41, 5.74) is 0. The second kappa shape index (κ2) is 5.86. The molecule has 0 saturated carbocycles. The summed E-state index contributed by atoms with van der Waals surface area (Å²) in [6.07, 6.45) is 3.98. The second-order valence-corrected chi connectivity index (χ2v) is 3.96. The molecule has 1 unspecified atom stereocenters. The van der Waals surface area contributed by atoms with Gasteiger partial charge in [0.1, 0.15) is 0 Å². The number of pyridine rings is 1. The number of ether oxygens (including phenoxy) is 1. The minimum Gasteiger partial charge on any atom is -0.477 e. The number of hydrogen-bond acceptors (Lipinski definition) is 2. The Morgan fingerprint density at radius 3 is 2.86 bits per heavy atom. The Labute approximate surface area is 90.3 Å². The average molecular weight is 214 g/mol. The predicted octanol–water partition coefficient (Wildman–Crippen LogP) is 3.55. The summed E-state index contributed by atoms with van der Waals surface area (Å²) < 4.78 is 5.51. The molecule has 0 aliphatic heterocycles. The smallest absolute Gasteiger partial charge is 0.213 e. The Morgan fingerprint density at radius 1 is 1.50 bits per heavy atom. The molecule has 1 rings (SSSR count). The van der Waals surface area contributed by atoms with Crippen molar-refractivity contribution in [3.8, 4) is 5.88 Å². The first kappa shape index (κ1) is 11.3. The van der Waals surface area contributed by atoms with E-state index in [1.165, 1.54) is 12.8 Å². The molecule has 0 saturated heterocycles. The highest BCUT2D eigenvalue weighted by atomic mass is 35.5. The van der Waals surface area contributed by atoms with Crippen molar-refractivity contribution in [1.29, 1.82) is 0 Å². The number of nitrogens with zero attached hydrogens (tertiary/aromatic N) is 1. The SMILES string of the molecule is CCCC(C)COc1ccc(Cl)cn1. The number of hydrogen-bond donors (Lipinski definition) is 0. The third kappa shape index (κ3) is 3.97. The summed E-state index contributed by atoms with van der Waals surface area (Å²) in [6, 6.07) is 3.58. The molecule has 0 aliphatic carbocycles. The lowest BCUT2D eigenvalue weighted by Crippen LogP contribution is -2.08. The lowest BCUT2D eigenvalue weighted by Gasteiger charge is -2.10. The molecule has 0 N–H and O–H groups in total. The molecule has 0 amide bonds. The van der Waals surface area contributed by atoms with Gasteiger partial charge in [0.2, 0.25) is 5.88 Å². The molecule has 0 radical (unpaired) electrons. The van der Waals surface area contributed by atoms with Crippen molar-refractivity contribution in [3.05, 3.63) is 23.4 Å². The van der Waals surface area contributed by atoms with Gasteiger partial charge >= 0.3 is 0 Å². The van der Waals surface area contributed by atoms with Gasteiger partial charge in [-0.3, -0.25) is 0 Å². The van der Waals surface area contributed by atoms with Crippen LogP contribution in [0.1, 0.15) is 26.7 Å². The quantitative estimate of drug-likeness (QED) is 0.746. The highest BCUT2D eigenvalue weighted by Gasteiger charge is 2.02. The van der Waals surface area contributed by atoms with Gasteiger partial charge in [-0.25, -0.2) is 4.98 Å². The standard InChI is InChI=1S/C11H16ClNO/c1-3-4-9(2)8-14-11-6-5-10(12)7-13-11/h5-7,9H,3-4,8H2,1-2H3. The van der Waals surface area contributed by atoms with Crippen LogP contribution in [-0.4, -0.2) is 11.6 Å². The van der Waals surface area contributed by atoms with Crippen molar-refractivity contribution in [1.82, 2.24) is 4.98 Å². The molecule has 2 nitrogen and oxygen atoms in total. The van der Waals surface area contributed by atoms with Crippen molar-refractivity contribution in [2.45, 2.75) is 26.7 Å². The van der Waals surface area contributed by atoms with Crippen LogP contribution in [-0.2, 0) is 0 Å². The zero-order valence-corrected chi connectivity index (χ0v) is 9.42. The molecule has 0 spiro atoms. The lowest BCUT2D eigenvalue weighted by atomic mass is 10.1. The lowest BCUT2D eigenvalue weighted by molar-refractivity contribution is 0.243. The molecule has 0 aliphatic rings. The van der Waals surface area contributed by atoms with E-state index in [2.05, 4.69) is 18.8 Å². The van der Waals surface area contributed by atoms with E-state index < -0.39 is 0 Å². The van der Waals surface area contributed by atoms with Crippen LogP contribution in [0.15, 0.2) is 18.3 Å². The van der Waals surface area contributed by atoms with Crippen LogP contribution in [0.25, 0.3) is 0 Å². The van der Waals surface area contributed by atoms with E-state index in [0.717, 1.165) is 6.61 Å². The van der Waals surface area contributed by atoms with E-state index in [-0.39, 0.29) is 0 Å². The van der Waals surface area contributed by atoms with E-state index in [4.69, 9.17) is 16.3 Å². The average Bonchev–Trinajstić information content (AvgIpc) is 2.17. The third-order valence-electron chi connectivity index (χ3n) is 2.00. The van der Waals surface area contributed by atoms with Crippen LogP contribution in [0.5, 0.6) is 5.88 Å². The molecule has 0 aromatic carbocycles. The fraction of sp³-hybridized carbons (Fsp3) is 0.545. The van der Waals surface area contributed by atoms with Crippen molar-refractivity contribution < 1.29 is 4.74 Å². The minimum atomic E-state index is 0.581. The summed E-state index contributed by atoms with van der Waals surface area (Å²) in [5, 5.41) is 0.638. The Bertz CT molecular complexity index is 260.